The van der Waals surface area contributed by atoms with Crippen molar-refractivity contribution in [1.29, 1.82) is 0 Å². The van der Waals surface area contributed by atoms with Crippen LogP contribution < -0.4 is 5.56 Å². The molecule has 16 heavy (non-hydrogen) atoms. The lowest BCUT2D eigenvalue weighted by Crippen LogP contribution is -2.05. The van der Waals surface area contributed by atoms with Crippen LogP contribution in [-0.2, 0) is 6.61 Å². The number of benzene rings is 1. The van der Waals surface area contributed by atoms with E-state index in [1.54, 1.807) is 24.3 Å². The van der Waals surface area contributed by atoms with E-state index < -0.39 is 0 Å². The zero-order valence-corrected chi connectivity index (χ0v) is 8.47. The van der Waals surface area contributed by atoms with Crippen LogP contribution in [0.2, 0.25) is 0 Å². The molecule has 0 radical (unpaired) electrons. The summed E-state index contributed by atoms with van der Waals surface area (Å²) in [6.07, 6.45) is 0. The molecule has 0 aliphatic heterocycles. The first kappa shape index (κ1) is 10.4. The number of rotatable bonds is 2. The molecule has 0 fully saturated rings. The monoisotopic (exact) mass is 217 g/mol. The van der Waals surface area contributed by atoms with Gasteiger partial charge in [0.25, 0.3) is 5.56 Å². The molecule has 82 valence electrons. The Morgan fingerprint density at radius 2 is 1.94 bits per heavy atom. The van der Waals surface area contributed by atoms with Gasteiger partial charge in [-0.3, -0.25) is 4.79 Å². The molecule has 0 spiro atoms. The molecule has 0 saturated heterocycles. The van der Waals surface area contributed by atoms with E-state index in [0.29, 0.717) is 16.8 Å². The lowest BCUT2D eigenvalue weighted by Gasteiger charge is -2.07. The highest BCUT2D eigenvalue weighted by molar-refractivity contribution is 5.64. The summed E-state index contributed by atoms with van der Waals surface area (Å²) in [7, 11) is 0. The van der Waals surface area contributed by atoms with Crippen LogP contribution in [0.1, 0.15) is 5.56 Å². The summed E-state index contributed by atoms with van der Waals surface area (Å²) in [5.74, 6) is -0.0912. The first-order valence-electron chi connectivity index (χ1n) is 4.83. The third kappa shape index (κ3) is 1.97. The second kappa shape index (κ2) is 4.20. The molecule has 0 aliphatic carbocycles. The zero-order chi connectivity index (χ0) is 11.5. The average molecular weight is 217 g/mol. The fourth-order valence-corrected chi connectivity index (χ4v) is 1.59. The van der Waals surface area contributed by atoms with E-state index in [1.807, 2.05) is 0 Å². The number of aromatic amines is 1. The maximum atomic E-state index is 11.2. The normalized spacial score (nSPS) is 10.3. The molecule has 0 aliphatic rings. The van der Waals surface area contributed by atoms with Crippen LogP contribution in [0, 0.1) is 0 Å². The SMILES string of the molecule is O=c1cc(O)cc(-c2ccccc2CO)[nH]1. The average Bonchev–Trinajstić information content (AvgIpc) is 2.27. The number of nitrogens with one attached hydrogen (secondary N) is 1. The summed E-state index contributed by atoms with van der Waals surface area (Å²) in [4.78, 5) is 13.8. The molecule has 3 N–H and O–H groups in total. The minimum atomic E-state index is -0.372. The van der Waals surface area contributed by atoms with E-state index in [4.69, 9.17) is 5.11 Å². The maximum Gasteiger partial charge on any atom is 0.252 e. The van der Waals surface area contributed by atoms with Crippen molar-refractivity contribution in [3.63, 3.8) is 0 Å². The summed E-state index contributed by atoms with van der Waals surface area (Å²) in [5, 5.41) is 18.5. The first-order valence-corrected chi connectivity index (χ1v) is 4.83. The van der Waals surface area contributed by atoms with Crippen LogP contribution in [0.15, 0.2) is 41.2 Å². The van der Waals surface area contributed by atoms with Crippen LogP contribution in [-0.4, -0.2) is 15.2 Å². The largest absolute Gasteiger partial charge is 0.508 e. The Morgan fingerprint density at radius 3 is 2.62 bits per heavy atom. The standard InChI is InChI=1S/C12H11NO3/c14-7-8-3-1-2-4-10(8)11-5-9(15)6-12(16)13-11/h1-6,14H,7H2,(H2,13,15,16). The number of pyridine rings is 1. The van der Waals surface area contributed by atoms with Crippen LogP contribution in [0.25, 0.3) is 11.3 Å². The number of aliphatic hydroxyl groups is 1. The lowest BCUT2D eigenvalue weighted by molar-refractivity contribution is 0.282. The van der Waals surface area contributed by atoms with Gasteiger partial charge in [0.2, 0.25) is 0 Å². The lowest BCUT2D eigenvalue weighted by atomic mass is 10.0. The predicted octanol–water partition coefficient (Wildman–Crippen LogP) is 1.24. The molecule has 0 bridgehead atoms. The molecule has 1 aromatic carbocycles. The van der Waals surface area contributed by atoms with Crippen molar-refractivity contribution in [2.45, 2.75) is 6.61 Å². The van der Waals surface area contributed by atoms with Crippen LogP contribution >= 0.6 is 0 Å². The van der Waals surface area contributed by atoms with Crippen molar-refractivity contribution >= 4 is 0 Å². The van der Waals surface area contributed by atoms with Gasteiger partial charge in [-0.05, 0) is 5.56 Å². The Hall–Kier alpha value is -2.07. The van der Waals surface area contributed by atoms with Crippen molar-refractivity contribution in [3.8, 4) is 17.0 Å². The van der Waals surface area contributed by atoms with Gasteiger partial charge >= 0.3 is 0 Å². The number of H-pyrrole nitrogens is 1. The van der Waals surface area contributed by atoms with Gasteiger partial charge < -0.3 is 15.2 Å². The summed E-state index contributed by atoms with van der Waals surface area (Å²) in [6.45, 7) is -0.117. The zero-order valence-electron chi connectivity index (χ0n) is 8.47. The Kier molecular flexibility index (Phi) is 2.74. The van der Waals surface area contributed by atoms with Crippen molar-refractivity contribution < 1.29 is 10.2 Å². The van der Waals surface area contributed by atoms with Crippen molar-refractivity contribution in [3.05, 3.63) is 52.3 Å². The quantitative estimate of drug-likeness (QED) is 0.708. The molecule has 0 unspecified atom stereocenters. The van der Waals surface area contributed by atoms with Gasteiger partial charge in [0.15, 0.2) is 0 Å². The Morgan fingerprint density at radius 1 is 1.19 bits per heavy atom. The topological polar surface area (TPSA) is 73.3 Å². The minimum Gasteiger partial charge on any atom is -0.508 e. The van der Waals surface area contributed by atoms with E-state index in [1.165, 1.54) is 6.07 Å². The Labute approximate surface area is 91.8 Å². The number of aromatic nitrogens is 1. The third-order valence-electron chi connectivity index (χ3n) is 2.31. The number of aliphatic hydroxyl groups excluding tert-OH is 1. The summed E-state index contributed by atoms with van der Waals surface area (Å²) in [5.41, 5.74) is 1.53. The summed E-state index contributed by atoms with van der Waals surface area (Å²) >= 11 is 0. The van der Waals surface area contributed by atoms with E-state index in [0.717, 1.165) is 6.07 Å². The molecule has 2 rings (SSSR count). The van der Waals surface area contributed by atoms with Crippen molar-refractivity contribution in [1.82, 2.24) is 4.98 Å². The number of hydrogen-bond donors (Lipinski definition) is 3. The minimum absolute atomic E-state index is 0.0912. The van der Waals surface area contributed by atoms with E-state index in [9.17, 15) is 9.90 Å². The van der Waals surface area contributed by atoms with Crippen molar-refractivity contribution in [2.24, 2.45) is 0 Å². The molecule has 4 nitrogen and oxygen atoms in total. The van der Waals surface area contributed by atoms with Gasteiger partial charge in [-0.1, -0.05) is 24.3 Å². The molecule has 2 aromatic rings. The smallest absolute Gasteiger partial charge is 0.252 e. The van der Waals surface area contributed by atoms with Gasteiger partial charge in [-0.15, -0.1) is 0 Å². The highest BCUT2D eigenvalue weighted by Gasteiger charge is 2.05. The molecule has 0 amide bonds. The maximum absolute atomic E-state index is 11.2. The second-order valence-electron chi connectivity index (χ2n) is 3.43. The van der Waals surface area contributed by atoms with Gasteiger partial charge in [-0.2, -0.15) is 0 Å². The van der Waals surface area contributed by atoms with E-state index in [2.05, 4.69) is 4.98 Å². The summed E-state index contributed by atoms with van der Waals surface area (Å²) in [6, 6.07) is 9.70. The molecular weight excluding hydrogens is 206 g/mol. The van der Waals surface area contributed by atoms with Crippen LogP contribution in [0.4, 0.5) is 0 Å². The fraction of sp³-hybridized carbons (Fsp3) is 0.0833. The van der Waals surface area contributed by atoms with Gasteiger partial charge in [0.05, 0.1) is 12.3 Å². The fourth-order valence-electron chi connectivity index (χ4n) is 1.59. The van der Waals surface area contributed by atoms with Crippen LogP contribution in [0.3, 0.4) is 0 Å². The summed E-state index contributed by atoms with van der Waals surface area (Å²) < 4.78 is 0. The number of hydrogen-bond acceptors (Lipinski definition) is 3. The van der Waals surface area contributed by atoms with Crippen molar-refractivity contribution in [2.75, 3.05) is 0 Å². The molecule has 0 saturated carbocycles. The van der Waals surface area contributed by atoms with E-state index >= 15 is 0 Å². The number of aromatic hydroxyl groups is 1. The molecular formula is C12H11NO3. The van der Waals surface area contributed by atoms with Crippen LogP contribution in [0.5, 0.6) is 5.75 Å². The predicted molar refractivity (Wildman–Crippen MR) is 60.1 cm³/mol. The molecule has 1 aromatic heterocycles. The molecule has 4 heteroatoms. The van der Waals surface area contributed by atoms with Gasteiger partial charge in [0, 0.05) is 17.7 Å². The Bertz CT molecular complexity index is 560. The first-order chi connectivity index (χ1) is 7.70. The highest BCUT2D eigenvalue weighted by atomic mass is 16.3. The Balaban J connectivity index is 2.62. The molecule has 1 heterocycles. The molecule has 0 atom stereocenters. The highest BCUT2D eigenvalue weighted by Crippen LogP contribution is 2.23. The van der Waals surface area contributed by atoms with Gasteiger partial charge in [0.1, 0.15) is 5.75 Å². The second-order valence-corrected chi connectivity index (χ2v) is 3.43. The van der Waals surface area contributed by atoms with Gasteiger partial charge in [-0.25, -0.2) is 0 Å². The van der Waals surface area contributed by atoms with E-state index in [-0.39, 0.29) is 17.9 Å². The third-order valence-corrected chi connectivity index (χ3v) is 2.31.